The quantitative estimate of drug-likeness (QED) is 0.617. The molecule has 17 heavy (non-hydrogen) atoms. The Morgan fingerprint density at radius 1 is 1.41 bits per heavy atom. The molecular formula is C12H17N3OS. The van der Waals surface area contributed by atoms with Crippen molar-refractivity contribution in [3.63, 3.8) is 0 Å². The average molecular weight is 251 g/mol. The van der Waals surface area contributed by atoms with E-state index < -0.39 is 0 Å². The zero-order valence-corrected chi connectivity index (χ0v) is 10.7. The van der Waals surface area contributed by atoms with Crippen LogP contribution in [0.4, 0.5) is 5.69 Å². The van der Waals surface area contributed by atoms with E-state index in [1.54, 1.807) is 0 Å². The summed E-state index contributed by atoms with van der Waals surface area (Å²) in [5.41, 5.74) is 5.02. The van der Waals surface area contributed by atoms with Gasteiger partial charge in [-0.15, -0.1) is 0 Å². The molecule has 0 spiro atoms. The third-order valence-electron chi connectivity index (χ3n) is 2.86. The molecule has 1 saturated heterocycles. The molecule has 1 heterocycles. The van der Waals surface area contributed by atoms with Crippen molar-refractivity contribution in [2.45, 2.75) is 6.92 Å². The Morgan fingerprint density at radius 2 is 2.12 bits per heavy atom. The van der Waals surface area contributed by atoms with Crippen molar-refractivity contribution in [3.8, 4) is 0 Å². The number of amides is 1. The highest BCUT2D eigenvalue weighted by molar-refractivity contribution is 7.99. The normalized spacial score (nSPS) is 15.8. The van der Waals surface area contributed by atoms with E-state index in [0.29, 0.717) is 11.3 Å². The van der Waals surface area contributed by atoms with Crippen molar-refractivity contribution in [1.82, 2.24) is 4.90 Å². The molecule has 0 saturated carbocycles. The predicted octanol–water partition coefficient (Wildman–Crippen LogP) is 1.47. The van der Waals surface area contributed by atoms with E-state index in [2.05, 4.69) is 5.43 Å². The number of hydrazine groups is 1. The van der Waals surface area contributed by atoms with Gasteiger partial charge in [0.15, 0.2) is 0 Å². The molecule has 1 aromatic rings. The number of thioether (sulfide) groups is 1. The molecule has 1 amide bonds. The Bertz CT molecular complexity index is 416. The lowest BCUT2D eigenvalue weighted by molar-refractivity contribution is 0.0773. The Morgan fingerprint density at radius 3 is 2.76 bits per heavy atom. The zero-order valence-electron chi connectivity index (χ0n) is 9.90. The molecule has 1 fully saturated rings. The number of nitrogens with two attached hydrogens (primary N) is 1. The van der Waals surface area contributed by atoms with Crippen LogP contribution in [-0.2, 0) is 0 Å². The van der Waals surface area contributed by atoms with Crippen LogP contribution in [0, 0.1) is 6.92 Å². The summed E-state index contributed by atoms with van der Waals surface area (Å²) in [6, 6.07) is 5.68. The molecule has 0 bridgehead atoms. The largest absolute Gasteiger partial charge is 0.337 e. The molecule has 2 rings (SSSR count). The van der Waals surface area contributed by atoms with Crippen LogP contribution in [0.25, 0.3) is 0 Å². The van der Waals surface area contributed by atoms with E-state index in [1.165, 1.54) is 0 Å². The third-order valence-corrected chi connectivity index (χ3v) is 3.80. The maximum Gasteiger partial charge on any atom is 0.256 e. The lowest BCUT2D eigenvalue weighted by atomic mass is 10.1. The van der Waals surface area contributed by atoms with E-state index >= 15 is 0 Å². The Labute approximate surface area is 106 Å². The van der Waals surface area contributed by atoms with Crippen LogP contribution in [0.5, 0.6) is 0 Å². The summed E-state index contributed by atoms with van der Waals surface area (Å²) in [6.07, 6.45) is 0. The van der Waals surface area contributed by atoms with Gasteiger partial charge in [0.25, 0.3) is 5.91 Å². The second kappa shape index (κ2) is 5.42. The highest BCUT2D eigenvalue weighted by Gasteiger charge is 2.20. The second-order valence-corrected chi connectivity index (χ2v) is 5.32. The number of anilines is 1. The van der Waals surface area contributed by atoms with Gasteiger partial charge < -0.3 is 10.3 Å². The van der Waals surface area contributed by atoms with E-state index in [9.17, 15) is 4.79 Å². The molecule has 0 aromatic heterocycles. The first-order valence-corrected chi connectivity index (χ1v) is 6.82. The van der Waals surface area contributed by atoms with Crippen molar-refractivity contribution in [2.75, 3.05) is 30.0 Å². The minimum absolute atomic E-state index is 0.0713. The fourth-order valence-electron chi connectivity index (χ4n) is 1.90. The third kappa shape index (κ3) is 2.73. The maximum absolute atomic E-state index is 12.4. The van der Waals surface area contributed by atoms with Gasteiger partial charge >= 0.3 is 0 Å². The second-order valence-electron chi connectivity index (χ2n) is 4.10. The fraction of sp³-hybridized carbons (Fsp3) is 0.417. The van der Waals surface area contributed by atoms with E-state index in [0.717, 1.165) is 30.2 Å². The van der Waals surface area contributed by atoms with E-state index in [4.69, 9.17) is 5.84 Å². The monoisotopic (exact) mass is 251 g/mol. The van der Waals surface area contributed by atoms with Crippen LogP contribution in [0.3, 0.4) is 0 Å². The lowest BCUT2D eigenvalue weighted by Gasteiger charge is -2.27. The van der Waals surface area contributed by atoms with Crippen LogP contribution in [0.1, 0.15) is 15.9 Å². The Balaban J connectivity index is 2.25. The number of benzene rings is 1. The standard InChI is InChI=1S/C12H17N3OS/c1-9-2-3-11(14-13)10(8-9)12(16)15-4-6-17-7-5-15/h2-3,8,14H,4-7,13H2,1H3. The molecule has 1 aromatic carbocycles. The predicted molar refractivity (Wildman–Crippen MR) is 72.2 cm³/mol. The highest BCUT2D eigenvalue weighted by Crippen LogP contribution is 2.20. The summed E-state index contributed by atoms with van der Waals surface area (Å²) in [6.45, 7) is 3.62. The Hall–Kier alpha value is -1.20. The summed E-state index contributed by atoms with van der Waals surface area (Å²) in [4.78, 5) is 14.2. The number of aryl methyl sites for hydroxylation is 1. The molecule has 1 aliphatic rings. The molecular weight excluding hydrogens is 234 g/mol. The van der Waals surface area contributed by atoms with Gasteiger partial charge in [0.1, 0.15) is 0 Å². The smallest absolute Gasteiger partial charge is 0.256 e. The maximum atomic E-state index is 12.4. The van der Waals surface area contributed by atoms with E-state index in [1.807, 2.05) is 41.8 Å². The minimum atomic E-state index is 0.0713. The van der Waals surface area contributed by atoms with Gasteiger partial charge in [-0.25, -0.2) is 0 Å². The van der Waals surface area contributed by atoms with E-state index in [-0.39, 0.29) is 5.91 Å². The first kappa shape index (κ1) is 12.3. The Kier molecular flexibility index (Phi) is 3.91. The molecule has 0 unspecified atom stereocenters. The summed E-state index contributed by atoms with van der Waals surface area (Å²) < 4.78 is 0. The van der Waals surface area contributed by atoms with Crippen molar-refractivity contribution >= 4 is 23.4 Å². The molecule has 92 valence electrons. The van der Waals surface area contributed by atoms with Crippen LogP contribution in [0.2, 0.25) is 0 Å². The van der Waals surface area contributed by atoms with Gasteiger partial charge in [0.2, 0.25) is 0 Å². The summed E-state index contributed by atoms with van der Waals surface area (Å²) >= 11 is 1.89. The summed E-state index contributed by atoms with van der Waals surface area (Å²) in [5.74, 6) is 7.55. The van der Waals surface area contributed by atoms with Gasteiger partial charge in [-0.2, -0.15) is 11.8 Å². The van der Waals surface area contributed by atoms with Gasteiger partial charge in [-0.05, 0) is 19.1 Å². The van der Waals surface area contributed by atoms with Gasteiger partial charge in [-0.1, -0.05) is 11.6 Å². The van der Waals surface area contributed by atoms with Crippen molar-refractivity contribution in [2.24, 2.45) is 5.84 Å². The zero-order chi connectivity index (χ0) is 12.3. The van der Waals surface area contributed by atoms with Crippen LogP contribution >= 0.6 is 11.8 Å². The summed E-state index contributed by atoms with van der Waals surface area (Å²) in [5, 5.41) is 0. The first-order valence-electron chi connectivity index (χ1n) is 5.66. The van der Waals surface area contributed by atoms with Gasteiger partial charge in [0, 0.05) is 24.6 Å². The van der Waals surface area contributed by atoms with Crippen molar-refractivity contribution in [3.05, 3.63) is 29.3 Å². The van der Waals surface area contributed by atoms with Crippen molar-refractivity contribution < 1.29 is 4.79 Å². The number of nitrogens with zero attached hydrogens (tertiary/aromatic N) is 1. The number of nitrogens with one attached hydrogen (secondary N) is 1. The minimum Gasteiger partial charge on any atom is -0.337 e. The van der Waals surface area contributed by atoms with Gasteiger partial charge in [-0.3, -0.25) is 10.6 Å². The molecule has 1 aliphatic heterocycles. The summed E-state index contributed by atoms with van der Waals surface area (Å²) in [7, 11) is 0. The molecule has 5 heteroatoms. The van der Waals surface area contributed by atoms with Crippen LogP contribution in [0.15, 0.2) is 18.2 Å². The number of carbonyl (C=O) groups is 1. The number of carbonyl (C=O) groups excluding carboxylic acids is 1. The van der Waals surface area contributed by atoms with Gasteiger partial charge in [0.05, 0.1) is 11.3 Å². The number of hydrogen-bond acceptors (Lipinski definition) is 4. The fourth-order valence-corrected chi connectivity index (χ4v) is 2.80. The first-order chi connectivity index (χ1) is 8.22. The SMILES string of the molecule is Cc1ccc(NN)c(C(=O)N2CCSCC2)c1. The number of nitrogen functional groups attached to an aromatic ring is 1. The topological polar surface area (TPSA) is 58.4 Å². The molecule has 0 radical (unpaired) electrons. The number of hydrogen-bond donors (Lipinski definition) is 2. The van der Waals surface area contributed by atoms with Crippen LogP contribution in [-0.4, -0.2) is 35.4 Å². The highest BCUT2D eigenvalue weighted by atomic mass is 32.2. The molecule has 0 atom stereocenters. The molecule has 4 nitrogen and oxygen atoms in total. The van der Waals surface area contributed by atoms with Crippen LogP contribution < -0.4 is 11.3 Å². The molecule has 3 N–H and O–H groups in total. The number of rotatable bonds is 2. The molecule has 0 aliphatic carbocycles. The lowest BCUT2D eigenvalue weighted by Crippen LogP contribution is -2.38. The van der Waals surface area contributed by atoms with Crippen molar-refractivity contribution in [1.29, 1.82) is 0 Å². The average Bonchev–Trinajstić information content (AvgIpc) is 2.39.